The molecular weight excluding hydrogens is 316 g/mol. The number of sulfonamides is 1. The van der Waals surface area contributed by atoms with E-state index in [0.29, 0.717) is 5.69 Å². The fourth-order valence-electron chi connectivity index (χ4n) is 2.35. The lowest BCUT2D eigenvalue weighted by Crippen LogP contribution is -2.39. The number of benzene rings is 2. The predicted molar refractivity (Wildman–Crippen MR) is 86.2 cm³/mol. The molecule has 2 N–H and O–H groups in total. The van der Waals surface area contributed by atoms with E-state index >= 15 is 0 Å². The number of likely N-dealkylation sites (N-methyl/N-ethyl adjacent to an activating group) is 1. The van der Waals surface area contributed by atoms with Crippen LogP contribution < -0.4 is 9.62 Å². The van der Waals surface area contributed by atoms with Gasteiger partial charge in [0.25, 0.3) is 15.9 Å². The Balaban J connectivity index is 2.08. The molecule has 0 atom stereocenters. The number of amides is 1. The number of aliphatic hydroxyl groups excluding tert-OH is 1. The Hall–Kier alpha value is -2.80. The van der Waals surface area contributed by atoms with Crippen molar-refractivity contribution in [3.8, 4) is 0 Å². The van der Waals surface area contributed by atoms with Gasteiger partial charge in [0, 0.05) is 18.3 Å². The van der Waals surface area contributed by atoms with E-state index in [1.807, 2.05) is 0 Å². The van der Waals surface area contributed by atoms with Crippen LogP contribution in [0.4, 0.5) is 5.69 Å². The molecule has 2 aromatic carbocycles. The number of aliphatic hydroxyl groups is 1. The van der Waals surface area contributed by atoms with Crippen LogP contribution in [0.1, 0.15) is 5.56 Å². The molecule has 0 aliphatic carbocycles. The molecule has 0 saturated carbocycles. The van der Waals surface area contributed by atoms with Crippen LogP contribution in [0.5, 0.6) is 0 Å². The van der Waals surface area contributed by atoms with Gasteiger partial charge < -0.3 is 10.0 Å². The van der Waals surface area contributed by atoms with Crippen molar-refractivity contribution < 1.29 is 18.3 Å². The summed E-state index contributed by atoms with van der Waals surface area (Å²) >= 11 is 0. The topological polar surface area (TPSA) is 86.7 Å². The van der Waals surface area contributed by atoms with Crippen LogP contribution in [0.2, 0.25) is 0 Å². The maximum Gasteiger partial charge on any atom is 0.278 e. The Bertz CT molecular complexity index is 905. The van der Waals surface area contributed by atoms with Crippen molar-refractivity contribution in [2.24, 2.45) is 0 Å². The van der Waals surface area contributed by atoms with Crippen LogP contribution in [0.25, 0.3) is 5.76 Å². The smallest absolute Gasteiger partial charge is 0.278 e. The zero-order valence-electron chi connectivity index (χ0n) is 12.2. The van der Waals surface area contributed by atoms with Crippen molar-refractivity contribution in [2.45, 2.75) is 4.90 Å². The number of carbonyl (C=O) groups is 1. The number of anilines is 1. The Morgan fingerprint density at radius 3 is 2.35 bits per heavy atom. The summed E-state index contributed by atoms with van der Waals surface area (Å²) in [6, 6.07) is 14.7. The Kier molecular flexibility index (Phi) is 3.57. The molecule has 6 nitrogen and oxygen atoms in total. The van der Waals surface area contributed by atoms with Crippen molar-refractivity contribution in [2.75, 3.05) is 11.9 Å². The highest BCUT2D eigenvalue weighted by molar-refractivity contribution is 7.89. The number of nitrogens with one attached hydrogen (secondary N) is 1. The summed E-state index contributed by atoms with van der Waals surface area (Å²) in [6.07, 6.45) is 0. The van der Waals surface area contributed by atoms with Crippen LogP contribution in [0, 0.1) is 0 Å². The summed E-state index contributed by atoms with van der Waals surface area (Å²) in [5.41, 5.74) is 0.321. The quantitative estimate of drug-likeness (QED) is 0.880. The lowest BCUT2D eigenvalue weighted by molar-refractivity contribution is -0.115. The summed E-state index contributed by atoms with van der Waals surface area (Å²) < 4.78 is 26.7. The van der Waals surface area contributed by atoms with Crippen molar-refractivity contribution in [3.63, 3.8) is 0 Å². The molecule has 2 aromatic rings. The van der Waals surface area contributed by atoms with Crippen LogP contribution in [-0.2, 0) is 14.8 Å². The van der Waals surface area contributed by atoms with E-state index in [0.717, 1.165) is 0 Å². The minimum absolute atomic E-state index is 0.0589. The molecule has 0 unspecified atom stereocenters. The van der Waals surface area contributed by atoms with E-state index < -0.39 is 15.9 Å². The normalized spacial score (nSPS) is 15.5. The lowest BCUT2D eigenvalue weighted by atomic mass is 10.1. The van der Waals surface area contributed by atoms with E-state index in [-0.39, 0.29) is 21.9 Å². The summed E-state index contributed by atoms with van der Waals surface area (Å²) in [5, 5.41) is 10.3. The van der Waals surface area contributed by atoms with Gasteiger partial charge in [0.2, 0.25) is 0 Å². The molecule has 0 saturated heterocycles. The summed E-state index contributed by atoms with van der Waals surface area (Å²) in [6.45, 7) is 0. The summed E-state index contributed by atoms with van der Waals surface area (Å²) in [7, 11) is -2.39. The maximum atomic E-state index is 12.6. The molecule has 3 rings (SSSR count). The molecule has 0 spiro atoms. The second-order valence-electron chi connectivity index (χ2n) is 5.02. The van der Waals surface area contributed by atoms with Gasteiger partial charge in [0.15, 0.2) is 11.5 Å². The Morgan fingerprint density at radius 1 is 1.04 bits per heavy atom. The second kappa shape index (κ2) is 5.44. The summed E-state index contributed by atoms with van der Waals surface area (Å²) in [4.78, 5) is 13.8. The van der Waals surface area contributed by atoms with E-state index in [4.69, 9.17) is 0 Å². The standard InChI is InChI=1S/C16H14N2O4S/c1-18(11-7-3-2-4-8-11)16(20)14-15(19)12-9-5-6-10-13(12)23(21,22)17-14/h2-10,17,19H,1H3. The monoisotopic (exact) mass is 330 g/mol. The molecule has 118 valence electrons. The average Bonchev–Trinajstić information content (AvgIpc) is 2.58. The number of hydrogen-bond acceptors (Lipinski definition) is 4. The predicted octanol–water partition coefficient (Wildman–Crippen LogP) is 1.87. The van der Waals surface area contributed by atoms with E-state index in [1.165, 1.54) is 24.1 Å². The van der Waals surface area contributed by atoms with Gasteiger partial charge >= 0.3 is 0 Å². The lowest BCUT2D eigenvalue weighted by Gasteiger charge is -2.24. The first kappa shape index (κ1) is 15.1. The van der Waals surface area contributed by atoms with Gasteiger partial charge in [-0.3, -0.25) is 9.52 Å². The number of rotatable bonds is 2. The third kappa shape index (κ3) is 2.55. The average molecular weight is 330 g/mol. The van der Waals surface area contributed by atoms with Gasteiger partial charge in [-0.25, -0.2) is 8.42 Å². The number of nitrogens with zero attached hydrogens (tertiary/aromatic N) is 1. The molecule has 23 heavy (non-hydrogen) atoms. The van der Waals surface area contributed by atoms with Crippen LogP contribution >= 0.6 is 0 Å². The molecular formula is C16H14N2O4S. The Labute approximate surface area is 133 Å². The molecule has 1 heterocycles. The van der Waals surface area contributed by atoms with E-state index in [1.54, 1.807) is 42.5 Å². The molecule has 0 radical (unpaired) electrons. The minimum atomic E-state index is -3.90. The number of para-hydroxylation sites is 1. The largest absolute Gasteiger partial charge is 0.505 e. The first-order valence-corrected chi connectivity index (χ1v) is 8.28. The van der Waals surface area contributed by atoms with E-state index in [9.17, 15) is 18.3 Å². The number of carbonyl (C=O) groups excluding carboxylic acids is 1. The van der Waals surface area contributed by atoms with Crippen molar-refractivity contribution >= 4 is 27.4 Å². The van der Waals surface area contributed by atoms with E-state index in [2.05, 4.69) is 4.72 Å². The molecule has 1 aliphatic rings. The van der Waals surface area contributed by atoms with Gasteiger partial charge in [0.05, 0.1) is 4.90 Å². The van der Waals surface area contributed by atoms with Crippen molar-refractivity contribution in [3.05, 3.63) is 65.9 Å². The van der Waals surface area contributed by atoms with Gasteiger partial charge in [-0.1, -0.05) is 30.3 Å². The first-order valence-electron chi connectivity index (χ1n) is 6.80. The van der Waals surface area contributed by atoms with Crippen LogP contribution in [0.3, 0.4) is 0 Å². The molecule has 7 heteroatoms. The molecule has 1 amide bonds. The van der Waals surface area contributed by atoms with Gasteiger partial charge in [-0.2, -0.15) is 0 Å². The minimum Gasteiger partial charge on any atom is -0.505 e. The number of fused-ring (bicyclic) bond motifs is 1. The highest BCUT2D eigenvalue weighted by atomic mass is 32.2. The fourth-order valence-corrected chi connectivity index (χ4v) is 3.63. The van der Waals surface area contributed by atoms with Crippen LogP contribution in [-0.4, -0.2) is 26.5 Å². The molecule has 1 aliphatic heterocycles. The van der Waals surface area contributed by atoms with Gasteiger partial charge in [0.1, 0.15) is 0 Å². The first-order chi connectivity index (χ1) is 10.9. The zero-order valence-corrected chi connectivity index (χ0v) is 13.0. The highest BCUT2D eigenvalue weighted by Gasteiger charge is 2.33. The second-order valence-corrected chi connectivity index (χ2v) is 6.68. The summed E-state index contributed by atoms with van der Waals surface area (Å²) in [5.74, 6) is -1.03. The maximum absolute atomic E-state index is 12.6. The third-order valence-electron chi connectivity index (χ3n) is 3.57. The highest BCUT2D eigenvalue weighted by Crippen LogP contribution is 2.29. The van der Waals surface area contributed by atoms with Crippen molar-refractivity contribution in [1.29, 1.82) is 0 Å². The SMILES string of the molecule is CN(C(=O)C1=C(O)c2ccccc2S(=O)(=O)N1)c1ccccc1. The fraction of sp³-hybridized carbons (Fsp3) is 0.0625. The molecule has 0 bridgehead atoms. The number of hydrogen-bond donors (Lipinski definition) is 2. The van der Waals surface area contributed by atoms with Gasteiger partial charge in [-0.05, 0) is 24.3 Å². The molecule has 0 aromatic heterocycles. The Morgan fingerprint density at radius 2 is 1.65 bits per heavy atom. The zero-order chi connectivity index (χ0) is 16.6. The van der Waals surface area contributed by atoms with Crippen molar-refractivity contribution in [1.82, 2.24) is 4.72 Å². The van der Waals surface area contributed by atoms with Crippen LogP contribution in [0.15, 0.2) is 65.2 Å². The molecule has 0 fully saturated rings. The third-order valence-corrected chi connectivity index (χ3v) is 4.97. The van der Waals surface area contributed by atoms with Gasteiger partial charge in [-0.15, -0.1) is 0 Å².